The number of rotatable bonds is 5. The molecule has 0 radical (unpaired) electrons. The lowest BCUT2D eigenvalue weighted by molar-refractivity contribution is 0.0610. The van der Waals surface area contributed by atoms with Crippen molar-refractivity contribution in [2.75, 3.05) is 20.2 Å². The Kier molecular flexibility index (Phi) is 4.63. The second kappa shape index (κ2) is 6.47. The summed E-state index contributed by atoms with van der Waals surface area (Å²) < 4.78 is 5.78. The molecule has 0 aromatic heterocycles. The minimum Gasteiger partial charge on any atom is -0.377 e. The van der Waals surface area contributed by atoms with E-state index < -0.39 is 0 Å². The molecule has 3 heteroatoms. The summed E-state index contributed by atoms with van der Waals surface area (Å²) in [6, 6.07) is 10.5. The van der Waals surface area contributed by atoms with Crippen LogP contribution in [0.15, 0.2) is 24.3 Å². The fourth-order valence-electron chi connectivity index (χ4n) is 4.00. The van der Waals surface area contributed by atoms with Crippen LogP contribution >= 0.6 is 0 Å². The third-order valence-corrected chi connectivity index (χ3v) is 5.20. The van der Waals surface area contributed by atoms with Gasteiger partial charge in [-0.15, -0.1) is 0 Å². The molecule has 1 aliphatic heterocycles. The number of nitrogens with zero attached hydrogens (tertiary/aromatic N) is 1. The van der Waals surface area contributed by atoms with Gasteiger partial charge in [-0.3, -0.25) is 4.90 Å². The van der Waals surface area contributed by atoms with Gasteiger partial charge in [0.05, 0.1) is 6.10 Å². The van der Waals surface area contributed by atoms with Gasteiger partial charge in [0, 0.05) is 24.7 Å². The summed E-state index contributed by atoms with van der Waals surface area (Å²) in [7, 11) is 2.28. The van der Waals surface area contributed by atoms with Crippen molar-refractivity contribution in [3.05, 3.63) is 35.4 Å². The molecule has 1 saturated heterocycles. The molecule has 4 unspecified atom stereocenters. The molecular weight excluding hydrogens is 260 g/mol. The highest BCUT2D eigenvalue weighted by molar-refractivity contribution is 5.37. The van der Waals surface area contributed by atoms with Crippen LogP contribution in [0, 0.1) is 0 Å². The highest BCUT2D eigenvalue weighted by atomic mass is 16.5. The summed E-state index contributed by atoms with van der Waals surface area (Å²) in [6.07, 6.45) is 3.84. The molecule has 0 saturated carbocycles. The van der Waals surface area contributed by atoms with Gasteiger partial charge in [0.1, 0.15) is 0 Å². The Morgan fingerprint density at radius 1 is 1.29 bits per heavy atom. The van der Waals surface area contributed by atoms with E-state index in [0.29, 0.717) is 24.2 Å². The van der Waals surface area contributed by atoms with Gasteiger partial charge in [0.15, 0.2) is 0 Å². The average Bonchev–Trinajstić information content (AvgIpc) is 3.08. The van der Waals surface area contributed by atoms with Crippen LogP contribution in [0.25, 0.3) is 0 Å². The minimum atomic E-state index is 0.352. The molecule has 1 aromatic rings. The normalized spacial score (nSPS) is 31.8. The lowest BCUT2D eigenvalue weighted by Crippen LogP contribution is -2.48. The fraction of sp³-hybridized carbons (Fsp3) is 0.667. The van der Waals surface area contributed by atoms with Gasteiger partial charge in [0.25, 0.3) is 0 Å². The number of hydrogen-bond donors (Lipinski definition) is 1. The standard InChI is InChI=1S/C18H28N2O/c1-4-10-19-18-15-8-6-5-7-14(15)12-17(18)20(3)16-9-11-21-13(16)2/h5-8,13,16-19H,4,9-12H2,1-3H3. The first kappa shape index (κ1) is 15.0. The van der Waals surface area contributed by atoms with Crippen molar-refractivity contribution in [2.45, 2.75) is 57.3 Å². The molecule has 1 N–H and O–H groups in total. The molecule has 21 heavy (non-hydrogen) atoms. The molecule has 116 valence electrons. The first-order valence-electron chi connectivity index (χ1n) is 8.37. The average molecular weight is 288 g/mol. The molecule has 1 aliphatic carbocycles. The molecule has 3 nitrogen and oxygen atoms in total. The van der Waals surface area contributed by atoms with Gasteiger partial charge in [0.2, 0.25) is 0 Å². The largest absolute Gasteiger partial charge is 0.377 e. The lowest BCUT2D eigenvalue weighted by Gasteiger charge is -2.36. The zero-order chi connectivity index (χ0) is 14.8. The Hall–Kier alpha value is -0.900. The van der Waals surface area contributed by atoms with Crippen LogP contribution in [0.4, 0.5) is 0 Å². The van der Waals surface area contributed by atoms with Crippen LogP contribution in [-0.4, -0.2) is 43.3 Å². The first-order valence-corrected chi connectivity index (χ1v) is 8.37. The monoisotopic (exact) mass is 288 g/mol. The Morgan fingerprint density at radius 3 is 2.81 bits per heavy atom. The quantitative estimate of drug-likeness (QED) is 0.901. The summed E-state index contributed by atoms with van der Waals surface area (Å²) in [6.45, 7) is 6.44. The Labute approximate surface area is 128 Å². The van der Waals surface area contributed by atoms with Crippen molar-refractivity contribution in [1.82, 2.24) is 10.2 Å². The van der Waals surface area contributed by atoms with E-state index in [4.69, 9.17) is 4.74 Å². The van der Waals surface area contributed by atoms with E-state index in [-0.39, 0.29) is 0 Å². The van der Waals surface area contributed by atoms with E-state index in [1.807, 2.05) is 0 Å². The van der Waals surface area contributed by atoms with E-state index >= 15 is 0 Å². The zero-order valence-corrected chi connectivity index (χ0v) is 13.5. The number of hydrogen-bond acceptors (Lipinski definition) is 3. The number of benzene rings is 1. The van der Waals surface area contributed by atoms with Gasteiger partial charge in [-0.2, -0.15) is 0 Å². The van der Waals surface area contributed by atoms with E-state index in [9.17, 15) is 0 Å². The molecular formula is C18H28N2O. The Bertz CT molecular complexity index is 476. The molecule has 1 aromatic carbocycles. The van der Waals surface area contributed by atoms with Crippen molar-refractivity contribution in [2.24, 2.45) is 0 Å². The lowest BCUT2D eigenvalue weighted by atomic mass is 10.0. The summed E-state index contributed by atoms with van der Waals surface area (Å²) in [5, 5.41) is 3.77. The Morgan fingerprint density at radius 2 is 2.10 bits per heavy atom. The van der Waals surface area contributed by atoms with Crippen molar-refractivity contribution in [3.8, 4) is 0 Å². The van der Waals surface area contributed by atoms with Gasteiger partial charge in [-0.1, -0.05) is 31.2 Å². The smallest absolute Gasteiger partial charge is 0.0703 e. The predicted octanol–water partition coefficient (Wildman–Crippen LogP) is 2.76. The molecule has 2 aliphatic rings. The van der Waals surface area contributed by atoms with Crippen LogP contribution in [-0.2, 0) is 11.2 Å². The van der Waals surface area contributed by atoms with E-state index in [0.717, 1.165) is 26.0 Å². The SMILES string of the molecule is CCCNC1c2ccccc2CC1N(C)C1CCOC1C. The molecule has 3 rings (SSSR count). The maximum Gasteiger partial charge on any atom is 0.0703 e. The molecule has 4 atom stereocenters. The van der Waals surface area contributed by atoms with Crippen molar-refractivity contribution >= 4 is 0 Å². The van der Waals surface area contributed by atoms with Gasteiger partial charge in [-0.25, -0.2) is 0 Å². The predicted molar refractivity (Wildman–Crippen MR) is 86.6 cm³/mol. The molecule has 1 heterocycles. The summed E-state index contributed by atoms with van der Waals surface area (Å²) in [5.74, 6) is 0. The third-order valence-electron chi connectivity index (χ3n) is 5.20. The number of ether oxygens (including phenoxy) is 1. The second-order valence-electron chi connectivity index (χ2n) is 6.50. The molecule has 0 amide bonds. The highest BCUT2D eigenvalue weighted by Crippen LogP contribution is 2.36. The van der Waals surface area contributed by atoms with Crippen LogP contribution < -0.4 is 5.32 Å². The minimum absolute atomic E-state index is 0.352. The summed E-state index contributed by atoms with van der Waals surface area (Å²) in [4.78, 5) is 2.57. The van der Waals surface area contributed by atoms with Crippen molar-refractivity contribution in [3.63, 3.8) is 0 Å². The van der Waals surface area contributed by atoms with E-state index in [1.54, 1.807) is 0 Å². The van der Waals surface area contributed by atoms with Gasteiger partial charge in [-0.05, 0) is 50.9 Å². The summed E-state index contributed by atoms with van der Waals surface area (Å²) >= 11 is 0. The Balaban J connectivity index is 1.80. The van der Waals surface area contributed by atoms with E-state index in [2.05, 4.69) is 55.4 Å². The van der Waals surface area contributed by atoms with Crippen LogP contribution in [0.1, 0.15) is 43.9 Å². The molecule has 0 spiro atoms. The van der Waals surface area contributed by atoms with Crippen molar-refractivity contribution < 1.29 is 4.74 Å². The van der Waals surface area contributed by atoms with Crippen molar-refractivity contribution in [1.29, 1.82) is 0 Å². The molecule has 0 bridgehead atoms. The summed E-state index contributed by atoms with van der Waals surface area (Å²) in [5.41, 5.74) is 3.00. The fourth-order valence-corrected chi connectivity index (χ4v) is 4.00. The highest BCUT2D eigenvalue weighted by Gasteiger charge is 2.39. The van der Waals surface area contributed by atoms with Crippen LogP contribution in [0.2, 0.25) is 0 Å². The topological polar surface area (TPSA) is 24.5 Å². The maximum absolute atomic E-state index is 5.78. The van der Waals surface area contributed by atoms with E-state index in [1.165, 1.54) is 17.5 Å². The van der Waals surface area contributed by atoms with Crippen LogP contribution in [0.5, 0.6) is 0 Å². The van der Waals surface area contributed by atoms with Gasteiger partial charge < -0.3 is 10.1 Å². The number of nitrogens with one attached hydrogen (secondary N) is 1. The number of fused-ring (bicyclic) bond motifs is 1. The third kappa shape index (κ3) is 2.87. The maximum atomic E-state index is 5.78. The van der Waals surface area contributed by atoms with Gasteiger partial charge >= 0.3 is 0 Å². The van der Waals surface area contributed by atoms with Crippen LogP contribution in [0.3, 0.4) is 0 Å². The first-order chi connectivity index (χ1) is 10.2. The second-order valence-corrected chi connectivity index (χ2v) is 6.50. The molecule has 1 fully saturated rings. The zero-order valence-electron chi connectivity index (χ0n) is 13.5. The number of likely N-dealkylation sites (N-methyl/N-ethyl adjacent to an activating group) is 1.